The van der Waals surface area contributed by atoms with Gasteiger partial charge in [0.05, 0.1) is 16.5 Å². The quantitative estimate of drug-likeness (QED) is 0.654. The van der Waals surface area contributed by atoms with E-state index in [1.807, 2.05) is 16.8 Å². The van der Waals surface area contributed by atoms with Gasteiger partial charge in [-0.05, 0) is 42.5 Å². The molecule has 26 heavy (non-hydrogen) atoms. The van der Waals surface area contributed by atoms with Crippen molar-refractivity contribution >= 4 is 28.8 Å². The Labute approximate surface area is 158 Å². The van der Waals surface area contributed by atoms with Gasteiger partial charge in [-0.15, -0.1) is 10.2 Å². The number of piperidine rings is 1. The molecule has 3 heterocycles. The Kier molecular flexibility index (Phi) is 4.74. The molecular formula is C18H15ClFN3O2S. The first kappa shape index (κ1) is 17.2. The van der Waals surface area contributed by atoms with Gasteiger partial charge in [-0.2, -0.15) is 11.3 Å². The number of halogens is 2. The van der Waals surface area contributed by atoms with Crippen LogP contribution < -0.4 is 0 Å². The SMILES string of the molecule is O=C(c1ccc(F)cc1Cl)N1CCCC(c2nnc(-c3ccsc3)o2)C1. The fraction of sp³-hybridized carbons (Fsp3) is 0.278. The van der Waals surface area contributed by atoms with E-state index < -0.39 is 5.82 Å². The Balaban J connectivity index is 1.51. The molecular weight excluding hydrogens is 377 g/mol. The van der Waals surface area contributed by atoms with Gasteiger partial charge in [0.2, 0.25) is 11.8 Å². The number of amides is 1. The standard InChI is InChI=1S/C18H15ClFN3O2S/c19-15-8-13(20)3-4-14(15)18(24)23-6-1-2-11(9-23)16-21-22-17(25-16)12-5-7-26-10-12/h3-5,7-8,10-11H,1-2,6,9H2. The molecule has 4 rings (SSSR count). The lowest BCUT2D eigenvalue weighted by molar-refractivity contribution is 0.0698. The minimum Gasteiger partial charge on any atom is -0.420 e. The normalized spacial score (nSPS) is 17.5. The molecule has 0 spiro atoms. The molecule has 1 fully saturated rings. The highest BCUT2D eigenvalue weighted by atomic mass is 35.5. The van der Waals surface area contributed by atoms with Crippen molar-refractivity contribution in [3.8, 4) is 11.5 Å². The number of carbonyl (C=O) groups excluding carboxylic acids is 1. The van der Waals surface area contributed by atoms with Gasteiger partial charge in [-0.25, -0.2) is 4.39 Å². The van der Waals surface area contributed by atoms with Crippen molar-refractivity contribution in [1.29, 1.82) is 0 Å². The lowest BCUT2D eigenvalue weighted by Crippen LogP contribution is -2.39. The summed E-state index contributed by atoms with van der Waals surface area (Å²) in [6.07, 6.45) is 1.69. The topological polar surface area (TPSA) is 59.2 Å². The summed E-state index contributed by atoms with van der Waals surface area (Å²) in [5.74, 6) is 0.333. The van der Waals surface area contributed by atoms with Crippen LogP contribution in [0.25, 0.3) is 11.5 Å². The molecule has 8 heteroatoms. The van der Waals surface area contributed by atoms with Crippen LogP contribution in [-0.4, -0.2) is 34.1 Å². The minimum atomic E-state index is -0.463. The van der Waals surface area contributed by atoms with E-state index in [0.717, 1.165) is 24.5 Å². The number of carbonyl (C=O) groups is 1. The van der Waals surface area contributed by atoms with E-state index in [0.29, 0.717) is 30.4 Å². The van der Waals surface area contributed by atoms with Crippen molar-refractivity contribution in [3.63, 3.8) is 0 Å². The van der Waals surface area contributed by atoms with Gasteiger partial charge in [-0.3, -0.25) is 4.79 Å². The van der Waals surface area contributed by atoms with Crippen LogP contribution >= 0.6 is 22.9 Å². The second-order valence-corrected chi connectivity index (χ2v) is 7.36. The maximum atomic E-state index is 13.2. The minimum absolute atomic E-state index is 0.0215. The number of hydrogen-bond donors (Lipinski definition) is 0. The summed E-state index contributed by atoms with van der Waals surface area (Å²) in [5.41, 5.74) is 1.20. The molecule has 0 N–H and O–H groups in total. The molecule has 1 unspecified atom stereocenters. The van der Waals surface area contributed by atoms with Gasteiger partial charge in [0, 0.05) is 24.0 Å². The fourth-order valence-electron chi connectivity index (χ4n) is 3.10. The van der Waals surface area contributed by atoms with Crippen LogP contribution in [0.4, 0.5) is 4.39 Å². The summed E-state index contributed by atoms with van der Waals surface area (Å²) in [7, 11) is 0. The molecule has 1 aliphatic heterocycles. The maximum absolute atomic E-state index is 13.2. The van der Waals surface area contributed by atoms with Crippen LogP contribution in [-0.2, 0) is 0 Å². The van der Waals surface area contributed by atoms with Gasteiger partial charge < -0.3 is 9.32 Å². The Bertz CT molecular complexity index is 928. The van der Waals surface area contributed by atoms with Crippen molar-refractivity contribution in [2.24, 2.45) is 0 Å². The number of hydrogen-bond acceptors (Lipinski definition) is 5. The van der Waals surface area contributed by atoms with E-state index in [1.165, 1.54) is 12.1 Å². The van der Waals surface area contributed by atoms with Crippen LogP contribution in [0.5, 0.6) is 0 Å². The Morgan fingerprint density at radius 2 is 2.23 bits per heavy atom. The second kappa shape index (κ2) is 7.17. The predicted molar refractivity (Wildman–Crippen MR) is 96.9 cm³/mol. The lowest BCUT2D eigenvalue weighted by atomic mass is 9.97. The summed E-state index contributed by atoms with van der Waals surface area (Å²) in [4.78, 5) is 14.5. The van der Waals surface area contributed by atoms with Gasteiger partial charge in [-0.1, -0.05) is 11.6 Å². The number of thiophene rings is 1. The molecule has 1 amide bonds. The fourth-order valence-corrected chi connectivity index (χ4v) is 3.98. The molecule has 2 aromatic heterocycles. The highest BCUT2D eigenvalue weighted by Crippen LogP contribution is 2.30. The zero-order valence-corrected chi connectivity index (χ0v) is 15.3. The molecule has 5 nitrogen and oxygen atoms in total. The average Bonchev–Trinajstić information content (AvgIpc) is 3.33. The highest BCUT2D eigenvalue weighted by Gasteiger charge is 2.30. The van der Waals surface area contributed by atoms with Crippen LogP contribution in [0, 0.1) is 5.82 Å². The number of likely N-dealkylation sites (tertiary alicyclic amines) is 1. The average molecular weight is 392 g/mol. The van der Waals surface area contributed by atoms with E-state index in [9.17, 15) is 9.18 Å². The summed E-state index contributed by atoms with van der Waals surface area (Å²) >= 11 is 7.59. The third-order valence-corrected chi connectivity index (χ3v) is 5.42. The third-order valence-electron chi connectivity index (χ3n) is 4.43. The molecule has 134 valence electrons. The van der Waals surface area contributed by atoms with E-state index in [2.05, 4.69) is 10.2 Å². The first-order valence-corrected chi connectivity index (χ1v) is 9.54. The van der Waals surface area contributed by atoms with Crippen LogP contribution in [0.1, 0.15) is 35.0 Å². The Morgan fingerprint density at radius 3 is 3.00 bits per heavy atom. The summed E-state index contributed by atoms with van der Waals surface area (Å²) in [5, 5.41) is 12.3. The second-order valence-electron chi connectivity index (χ2n) is 6.17. The maximum Gasteiger partial charge on any atom is 0.255 e. The summed E-state index contributed by atoms with van der Waals surface area (Å²) in [6, 6.07) is 5.74. The Morgan fingerprint density at radius 1 is 1.35 bits per heavy atom. The van der Waals surface area contributed by atoms with Crippen molar-refractivity contribution in [1.82, 2.24) is 15.1 Å². The zero-order chi connectivity index (χ0) is 18.1. The smallest absolute Gasteiger partial charge is 0.255 e. The molecule has 3 aromatic rings. The number of benzene rings is 1. The largest absolute Gasteiger partial charge is 0.420 e. The molecule has 0 radical (unpaired) electrons. The van der Waals surface area contributed by atoms with Gasteiger partial charge in [0.1, 0.15) is 5.82 Å². The molecule has 1 atom stereocenters. The molecule has 0 aliphatic carbocycles. The van der Waals surface area contributed by atoms with Crippen LogP contribution in [0.15, 0.2) is 39.4 Å². The monoisotopic (exact) mass is 391 g/mol. The molecule has 1 saturated heterocycles. The lowest BCUT2D eigenvalue weighted by Gasteiger charge is -2.31. The predicted octanol–water partition coefficient (Wildman–Crippen LogP) is 4.61. The number of aromatic nitrogens is 2. The molecule has 1 aromatic carbocycles. The van der Waals surface area contributed by atoms with E-state index in [4.69, 9.17) is 16.0 Å². The van der Waals surface area contributed by atoms with Crippen molar-refractivity contribution in [2.75, 3.05) is 13.1 Å². The number of nitrogens with zero attached hydrogens (tertiary/aromatic N) is 3. The van der Waals surface area contributed by atoms with Crippen LogP contribution in [0.3, 0.4) is 0 Å². The van der Waals surface area contributed by atoms with E-state index in [1.54, 1.807) is 16.2 Å². The Hall–Kier alpha value is -2.25. The summed E-state index contributed by atoms with van der Waals surface area (Å²) < 4.78 is 19.0. The summed E-state index contributed by atoms with van der Waals surface area (Å²) in [6.45, 7) is 1.09. The zero-order valence-electron chi connectivity index (χ0n) is 13.7. The first-order chi connectivity index (χ1) is 12.6. The third kappa shape index (κ3) is 3.37. The van der Waals surface area contributed by atoms with Gasteiger partial charge in [0.15, 0.2) is 0 Å². The van der Waals surface area contributed by atoms with Gasteiger partial charge in [0.25, 0.3) is 5.91 Å². The van der Waals surface area contributed by atoms with Crippen molar-refractivity contribution < 1.29 is 13.6 Å². The van der Waals surface area contributed by atoms with E-state index in [-0.39, 0.29) is 16.8 Å². The van der Waals surface area contributed by atoms with Crippen molar-refractivity contribution in [3.05, 3.63) is 57.3 Å². The molecule has 0 saturated carbocycles. The van der Waals surface area contributed by atoms with Crippen LogP contribution in [0.2, 0.25) is 5.02 Å². The molecule has 1 aliphatic rings. The highest BCUT2D eigenvalue weighted by molar-refractivity contribution is 7.08. The number of rotatable bonds is 3. The van der Waals surface area contributed by atoms with E-state index >= 15 is 0 Å². The van der Waals surface area contributed by atoms with Gasteiger partial charge >= 0.3 is 0 Å². The first-order valence-electron chi connectivity index (χ1n) is 8.22. The van der Waals surface area contributed by atoms with Crippen molar-refractivity contribution in [2.45, 2.75) is 18.8 Å². The molecule has 0 bridgehead atoms.